The van der Waals surface area contributed by atoms with Gasteiger partial charge in [0.2, 0.25) is 11.1 Å². The third-order valence-electron chi connectivity index (χ3n) is 5.02. The van der Waals surface area contributed by atoms with Crippen LogP contribution in [0.1, 0.15) is 30.0 Å². The Morgan fingerprint density at radius 3 is 3.00 bits per heavy atom. The predicted octanol–water partition coefficient (Wildman–Crippen LogP) is 3.94. The van der Waals surface area contributed by atoms with Crippen LogP contribution in [0.2, 0.25) is 5.02 Å². The molecule has 1 amide bonds. The zero-order chi connectivity index (χ0) is 19.5. The van der Waals surface area contributed by atoms with Crippen LogP contribution >= 0.6 is 23.4 Å². The molecule has 144 valence electrons. The molecule has 0 saturated heterocycles. The molecule has 0 fully saturated rings. The van der Waals surface area contributed by atoms with Gasteiger partial charge in [0, 0.05) is 12.1 Å². The summed E-state index contributed by atoms with van der Waals surface area (Å²) in [5.74, 6) is 0.336. The fourth-order valence-corrected chi connectivity index (χ4v) is 4.57. The highest BCUT2D eigenvalue weighted by atomic mass is 35.5. The Kier molecular flexibility index (Phi) is 5.64. The lowest BCUT2D eigenvalue weighted by atomic mass is 9.87. The van der Waals surface area contributed by atoms with Crippen LogP contribution in [0.4, 0.5) is 0 Å². The molecule has 8 heteroatoms. The number of aromatic nitrogens is 4. The van der Waals surface area contributed by atoms with Crippen LogP contribution in [0.3, 0.4) is 0 Å². The fourth-order valence-electron chi connectivity index (χ4n) is 3.57. The van der Waals surface area contributed by atoms with E-state index < -0.39 is 0 Å². The number of rotatable bonds is 5. The Balaban J connectivity index is 1.45. The second kappa shape index (κ2) is 8.32. The summed E-state index contributed by atoms with van der Waals surface area (Å²) in [6.07, 6.45) is 3.17. The minimum absolute atomic E-state index is 0.0624. The monoisotopic (exact) mass is 413 g/mol. The van der Waals surface area contributed by atoms with Crippen molar-refractivity contribution < 1.29 is 4.79 Å². The lowest BCUT2D eigenvalue weighted by Gasteiger charge is -2.33. The Morgan fingerprint density at radius 1 is 1.29 bits per heavy atom. The van der Waals surface area contributed by atoms with Crippen LogP contribution in [0.15, 0.2) is 53.7 Å². The smallest absolute Gasteiger partial charge is 0.233 e. The molecule has 6 nitrogen and oxygen atoms in total. The quantitative estimate of drug-likeness (QED) is 0.593. The molecule has 0 radical (unpaired) electrons. The molecule has 1 aliphatic carbocycles. The van der Waals surface area contributed by atoms with Crippen LogP contribution in [0, 0.1) is 0 Å². The summed E-state index contributed by atoms with van der Waals surface area (Å²) in [6, 6.07) is 15.8. The SMILES string of the molecule is CN(C(=O)CSc1nnnn1-c1cccc(Cl)c1)[C@H]1CCCc2ccccc21. The van der Waals surface area contributed by atoms with E-state index in [0.29, 0.717) is 10.2 Å². The largest absolute Gasteiger partial charge is 0.338 e. The number of hydrogen-bond acceptors (Lipinski definition) is 5. The van der Waals surface area contributed by atoms with E-state index in [9.17, 15) is 4.79 Å². The molecule has 0 bridgehead atoms. The zero-order valence-electron chi connectivity index (χ0n) is 15.5. The summed E-state index contributed by atoms with van der Waals surface area (Å²) in [4.78, 5) is 14.7. The number of benzene rings is 2. The Bertz CT molecular complexity index is 992. The number of aryl methyl sites for hydroxylation is 1. The van der Waals surface area contributed by atoms with Gasteiger partial charge in [0.25, 0.3) is 0 Å². The molecule has 1 atom stereocenters. The minimum atomic E-state index is 0.0624. The number of fused-ring (bicyclic) bond motifs is 1. The first-order chi connectivity index (χ1) is 13.6. The molecular formula is C20H20ClN5OS. The van der Waals surface area contributed by atoms with E-state index in [-0.39, 0.29) is 17.7 Å². The summed E-state index contributed by atoms with van der Waals surface area (Å²) < 4.78 is 1.60. The van der Waals surface area contributed by atoms with Crippen molar-refractivity contribution in [3.8, 4) is 5.69 Å². The minimum Gasteiger partial charge on any atom is -0.338 e. The number of amides is 1. The molecule has 1 aliphatic rings. The average Bonchev–Trinajstić information content (AvgIpc) is 3.19. The van der Waals surface area contributed by atoms with Gasteiger partial charge in [-0.1, -0.05) is 53.7 Å². The van der Waals surface area contributed by atoms with Crippen molar-refractivity contribution >= 4 is 29.3 Å². The summed E-state index contributed by atoms with van der Waals surface area (Å²) in [7, 11) is 1.88. The van der Waals surface area contributed by atoms with Gasteiger partial charge in [-0.3, -0.25) is 4.79 Å². The summed E-state index contributed by atoms with van der Waals surface area (Å²) in [5.41, 5.74) is 3.37. The molecule has 0 unspecified atom stereocenters. The number of carbonyl (C=O) groups is 1. The van der Waals surface area contributed by atoms with Crippen molar-refractivity contribution in [2.24, 2.45) is 0 Å². The molecule has 1 aromatic heterocycles. The molecule has 0 N–H and O–H groups in total. The van der Waals surface area contributed by atoms with Crippen LogP contribution in [0.25, 0.3) is 5.69 Å². The Hall–Kier alpha value is -2.38. The van der Waals surface area contributed by atoms with E-state index >= 15 is 0 Å². The number of carbonyl (C=O) groups excluding carboxylic acids is 1. The molecule has 0 aliphatic heterocycles. The molecule has 2 aromatic carbocycles. The van der Waals surface area contributed by atoms with Crippen LogP contribution in [-0.4, -0.2) is 43.8 Å². The van der Waals surface area contributed by atoms with Gasteiger partial charge in [-0.25, -0.2) is 0 Å². The maximum Gasteiger partial charge on any atom is 0.233 e. The summed E-state index contributed by atoms with van der Waals surface area (Å²) in [5, 5.41) is 13.0. The van der Waals surface area contributed by atoms with Crippen molar-refractivity contribution in [1.82, 2.24) is 25.1 Å². The number of nitrogens with zero attached hydrogens (tertiary/aromatic N) is 5. The lowest BCUT2D eigenvalue weighted by molar-refractivity contribution is -0.129. The van der Waals surface area contributed by atoms with E-state index in [1.807, 2.05) is 30.1 Å². The molecular weight excluding hydrogens is 394 g/mol. The summed E-state index contributed by atoms with van der Waals surface area (Å²) >= 11 is 7.39. The normalized spacial score (nSPS) is 15.9. The molecule has 0 saturated carbocycles. The zero-order valence-corrected chi connectivity index (χ0v) is 17.0. The van der Waals surface area contributed by atoms with Gasteiger partial charge >= 0.3 is 0 Å². The van der Waals surface area contributed by atoms with Crippen molar-refractivity contribution in [2.75, 3.05) is 12.8 Å². The van der Waals surface area contributed by atoms with Crippen LogP contribution < -0.4 is 0 Å². The van der Waals surface area contributed by atoms with Crippen molar-refractivity contribution in [3.05, 3.63) is 64.7 Å². The second-order valence-corrected chi connectivity index (χ2v) is 8.13. The number of halogens is 1. The number of hydrogen-bond donors (Lipinski definition) is 0. The predicted molar refractivity (Wildman–Crippen MR) is 110 cm³/mol. The highest BCUT2D eigenvalue weighted by molar-refractivity contribution is 7.99. The first-order valence-corrected chi connectivity index (χ1v) is 10.5. The molecule has 28 heavy (non-hydrogen) atoms. The van der Waals surface area contributed by atoms with Crippen molar-refractivity contribution in [1.29, 1.82) is 0 Å². The van der Waals surface area contributed by atoms with E-state index in [1.54, 1.807) is 16.8 Å². The average molecular weight is 414 g/mol. The summed E-state index contributed by atoms with van der Waals surface area (Å²) in [6.45, 7) is 0. The number of tetrazole rings is 1. The van der Waals surface area contributed by atoms with Gasteiger partial charge in [-0.2, -0.15) is 4.68 Å². The van der Waals surface area contributed by atoms with Gasteiger partial charge < -0.3 is 4.90 Å². The lowest BCUT2D eigenvalue weighted by Crippen LogP contribution is -2.34. The van der Waals surface area contributed by atoms with E-state index in [1.165, 1.54) is 22.9 Å². The first kappa shape index (κ1) is 19.0. The topological polar surface area (TPSA) is 63.9 Å². The van der Waals surface area contributed by atoms with E-state index in [0.717, 1.165) is 24.9 Å². The van der Waals surface area contributed by atoms with Crippen molar-refractivity contribution in [2.45, 2.75) is 30.5 Å². The third-order valence-corrected chi connectivity index (χ3v) is 6.16. The molecule has 4 rings (SSSR count). The van der Waals surface area contributed by atoms with Gasteiger partial charge in [-0.15, -0.1) is 5.10 Å². The highest BCUT2D eigenvalue weighted by Crippen LogP contribution is 2.34. The van der Waals surface area contributed by atoms with E-state index in [4.69, 9.17) is 11.6 Å². The molecule has 0 spiro atoms. The van der Waals surface area contributed by atoms with Crippen LogP contribution in [0.5, 0.6) is 0 Å². The van der Waals surface area contributed by atoms with Crippen LogP contribution in [-0.2, 0) is 11.2 Å². The van der Waals surface area contributed by atoms with Gasteiger partial charge in [0.1, 0.15) is 0 Å². The van der Waals surface area contributed by atoms with Gasteiger partial charge in [0.15, 0.2) is 0 Å². The standard InChI is InChI=1S/C20H20ClN5OS/c1-25(18-11-4-7-14-6-2-3-10-17(14)18)19(27)13-28-20-22-23-24-26(20)16-9-5-8-15(21)12-16/h2-3,5-6,8-10,12,18H,4,7,11,13H2,1H3/t18-/m0/s1. The Morgan fingerprint density at radius 2 is 2.14 bits per heavy atom. The van der Waals surface area contributed by atoms with Gasteiger partial charge in [0.05, 0.1) is 17.5 Å². The number of thioether (sulfide) groups is 1. The van der Waals surface area contributed by atoms with Gasteiger partial charge in [-0.05, 0) is 59.0 Å². The van der Waals surface area contributed by atoms with E-state index in [2.05, 4.69) is 33.7 Å². The highest BCUT2D eigenvalue weighted by Gasteiger charge is 2.26. The maximum atomic E-state index is 12.9. The first-order valence-electron chi connectivity index (χ1n) is 9.14. The third kappa shape index (κ3) is 3.91. The second-order valence-electron chi connectivity index (χ2n) is 6.75. The fraction of sp³-hybridized carbons (Fsp3) is 0.300. The molecule has 1 heterocycles. The molecule has 3 aromatic rings. The maximum absolute atomic E-state index is 12.9. The Labute approximate surface area is 172 Å². The van der Waals surface area contributed by atoms with Crippen molar-refractivity contribution in [3.63, 3.8) is 0 Å².